The maximum absolute atomic E-state index is 12.6. The van der Waals surface area contributed by atoms with Crippen LogP contribution in [0.4, 0.5) is 10.6 Å². The van der Waals surface area contributed by atoms with E-state index in [0.29, 0.717) is 12.4 Å². The molecule has 2 fully saturated rings. The molecular weight excluding hydrogens is 338 g/mol. The highest BCUT2D eigenvalue weighted by Crippen LogP contribution is 2.46. The molecule has 0 unspecified atom stereocenters. The SMILES string of the molecule is Cc1cnc(N2C[C@]3(CC[C@@](c4ccccc4)(N(C)C)CC3)NC2=O)cn1. The van der Waals surface area contributed by atoms with Crippen LogP contribution in [0, 0.1) is 6.92 Å². The standard InChI is InChI=1S/C21H27N5O/c1-16-13-23-18(14-22-16)26-15-20(24-19(26)27)9-11-21(12-10-20,25(2)3)17-7-5-4-6-8-17/h4-8,13-14H,9-12,15H2,1-3H3,(H,24,27)/t20-,21-. The van der Waals surface area contributed by atoms with Gasteiger partial charge in [0.25, 0.3) is 0 Å². The lowest BCUT2D eigenvalue weighted by Crippen LogP contribution is -2.54. The molecule has 6 heteroatoms. The Morgan fingerprint density at radius 2 is 1.74 bits per heavy atom. The van der Waals surface area contributed by atoms with Crippen LogP contribution in [0.5, 0.6) is 0 Å². The highest BCUT2D eigenvalue weighted by atomic mass is 16.2. The van der Waals surface area contributed by atoms with Crippen molar-refractivity contribution in [1.82, 2.24) is 20.2 Å². The highest BCUT2D eigenvalue weighted by molar-refractivity contribution is 5.94. The monoisotopic (exact) mass is 365 g/mol. The number of aromatic nitrogens is 2. The predicted molar refractivity (Wildman–Crippen MR) is 106 cm³/mol. The number of hydrogen-bond acceptors (Lipinski definition) is 4. The smallest absolute Gasteiger partial charge is 0.323 e. The molecule has 1 aliphatic heterocycles. The fourth-order valence-corrected chi connectivity index (χ4v) is 4.59. The lowest BCUT2D eigenvalue weighted by atomic mass is 9.69. The minimum atomic E-state index is -0.183. The van der Waals surface area contributed by atoms with Gasteiger partial charge in [-0.1, -0.05) is 30.3 Å². The molecule has 1 aromatic heterocycles. The number of carbonyl (C=O) groups excluding carboxylic acids is 1. The molecule has 27 heavy (non-hydrogen) atoms. The number of urea groups is 1. The number of hydrogen-bond donors (Lipinski definition) is 1. The Labute approximate surface area is 160 Å². The van der Waals surface area contributed by atoms with E-state index in [1.54, 1.807) is 17.3 Å². The first-order chi connectivity index (χ1) is 12.9. The van der Waals surface area contributed by atoms with Crippen LogP contribution in [0.1, 0.15) is 36.9 Å². The van der Waals surface area contributed by atoms with Crippen LogP contribution < -0.4 is 10.2 Å². The van der Waals surface area contributed by atoms with Crippen LogP contribution in [-0.4, -0.2) is 47.1 Å². The zero-order chi connectivity index (χ0) is 19.1. The quantitative estimate of drug-likeness (QED) is 0.908. The second kappa shape index (κ2) is 6.60. The Balaban J connectivity index is 1.54. The number of benzene rings is 1. The van der Waals surface area contributed by atoms with Gasteiger partial charge in [0.15, 0.2) is 5.82 Å². The Morgan fingerprint density at radius 1 is 1.04 bits per heavy atom. The van der Waals surface area contributed by atoms with Crippen molar-refractivity contribution >= 4 is 11.8 Å². The van der Waals surface area contributed by atoms with Crippen LogP contribution in [0.25, 0.3) is 0 Å². The summed E-state index contributed by atoms with van der Waals surface area (Å²) in [4.78, 5) is 25.4. The Bertz CT molecular complexity index is 810. The molecule has 2 amide bonds. The summed E-state index contributed by atoms with van der Waals surface area (Å²) in [6.07, 6.45) is 7.31. The summed E-state index contributed by atoms with van der Waals surface area (Å²) in [5.74, 6) is 0.627. The molecular formula is C21H27N5O. The van der Waals surface area contributed by atoms with E-state index in [2.05, 4.69) is 64.6 Å². The fraction of sp³-hybridized carbons (Fsp3) is 0.476. The third-order valence-corrected chi connectivity index (χ3v) is 6.32. The maximum atomic E-state index is 12.6. The minimum absolute atomic E-state index is 0.0221. The van der Waals surface area contributed by atoms with E-state index >= 15 is 0 Å². The van der Waals surface area contributed by atoms with Crippen LogP contribution >= 0.6 is 0 Å². The summed E-state index contributed by atoms with van der Waals surface area (Å²) in [6, 6.07) is 10.7. The number of rotatable bonds is 3. The van der Waals surface area contributed by atoms with Crippen molar-refractivity contribution in [2.75, 3.05) is 25.5 Å². The molecule has 1 aromatic carbocycles. The first-order valence-corrected chi connectivity index (χ1v) is 9.56. The fourth-order valence-electron chi connectivity index (χ4n) is 4.59. The van der Waals surface area contributed by atoms with Crippen molar-refractivity contribution in [2.24, 2.45) is 0 Å². The predicted octanol–water partition coefficient (Wildman–Crippen LogP) is 3.08. The van der Waals surface area contributed by atoms with Gasteiger partial charge < -0.3 is 5.32 Å². The van der Waals surface area contributed by atoms with Gasteiger partial charge >= 0.3 is 6.03 Å². The zero-order valence-corrected chi connectivity index (χ0v) is 16.3. The van der Waals surface area contributed by atoms with Gasteiger partial charge in [-0.25, -0.2) is 9.78 Å². The van der Waals surface area contributed by atoms with Gasteiger partial charge in [-0.3, -0.25) is 14.8 Å². The van der Waals surface area contributed by atoms with Gasteiger partial charge in [0.05, 0.1) is 30.2 Å². The summed E-state index contributed by atoms with van der Waals surface area (Å²) < 4.78 is 0. The molecule has 142 valence electrons. The molecule has 2 aromatic rings. The third-order valence-electron chi connectivity index (χ3n) is 6.32. The van der Waals surface area contributed by atoms with Gasteiger partial charge in [0.2, 0.25) is 0 Å². The summed E-state index contributed by atoms with van der Waals surface area (Å²) >= 11 is 0. The number of anilines is 1. The normalized spacial score (nSPS) is 28.0. The Morgan fingerprint density at radius 3 is 2.33 bits per heavy atom. The van der Waals surface area contributed by atoms with Crippen molar-refractivity contribution in [3.63, 3.8) is 0 Å². The number of nitrogens with one attached hydrogen (secondary N) is 1. The average molecular weight is 365 g/mol. The van der Waals surface area contributed by atoms with E-state index in [1.165, 1.54) is 5.56 Å². The second-order valence-electron chi connectivity index (χ2n) is 8.10. The second-order valence-corrected chi connectivity index (χ2v) is 8.10. The van der Waals surface area contributed by atoms with Crippen LogP contribution in [0.2, 0.25) is 0 Å². The molecule has 0 bridgehead atoms. The lowest BCUT2D eigenvalue weighted by Gasteiger charge is -2.48. The van der Waals surface area contributed by atoms with E-state index in [1.807, 2.05) is 6.92 Å². The van der Waals surface area contributed by atoms with Crippen molar-refractivity contribution in [3.8, 4) is 0 Å². The van der Waals surface area contributed by atoms with E-state index in [0.717, 1.165) is 31.4 Å². The third kappa shape index (κ3) is 3.08. The van der Waals surface area contributed by atoms with Crippen LogP contribution in [0.15, 0.2) is 42.7 Å². The molecule has 1 saturated carbocycles. The molecule has 1 spiro atoms. The van der Waals surface area contributed by atoms with Crippen molar-refractivity contribution in [2.45, 2.75) is 43.7 Å². The number of nitrogens with zero attached hydrogens (tertiary/aromatic N) is 4. The molecule has 0 atom stereocenters. The van der Waals surface area contributed by atoms with Crippen molar-refractivity contribution < 1.29 is 4.79 Å². The molecule has 2 aliphatic rings. The van der Waals surface area contributed by atoms with Gasteiger partial charge in [-0.2, -0.15) is 0 Å². The van der Waals surface area contributed by atoms with Gasteiger partial charge in [0.1, 0.15) is 0 Å². The van der Waals surface area contributed by atoms with Crippen LogP contribution in [-0.2, 0) is 5.54 Å². The molecule has 1 saturated heterocycles. The first-order valence-electron chi connectivity index (χ1n) is 9.56. The summed E-state index contributed by atoms with van der Waals surface area (Å²) in [7, 11) is 4.32. The van der Waals surface area contributed by atoms with Crippen molar-refractivity contribution in [3.05, 3.63) is 54.0 Å². The Kier molecular flexibility index (Phi) is 4.38. The molecule has 4 rings (SSSR count). The number of aryl methyl sites for hydroxylation is 1. The zero-order valence-electron chi connectivity index (χ0n) is 16.3. The largest absolute Gasteiger partial charge is 0.330 e. The van der Waals surface area contributed by atoms with E-state index in [9.17, 15) is 4.79 Å². The van der Waals surface area contributed by atoms with E-state index in [-0.39, 0.29) is 17.1 Å². The molecule has 0 radical (unpaired) electrons. The van der Waals surface area contributed by atoms with Gasteiger partial charge in [-0.05, 0) is 52.3 Å². The molecule has 1 aliphatic carbocycles. The topological polar surface area (TPSA) is 61.4 Å². The van der Waals surface area contributed by atoms with E-state index < -0.39 is 0 Å². The lowest BCUT2D eigenvalue weighted by molar-refractivity contribution is 0.0657. The van der Waals surface area contributed by atoms with Gasteiger partial charge in [0, 0.05) is 5.54 Å². The summed E-state index contributed by atoms with van der Waals surface area (Å²) in [6.45, 7) is 2.55. The van der Waals surface area contributed by atoms with Crippen LogP contribution in [0.3, 0.4) is 0 Å². The van der Waals surface area contributed by atoms with E-state index in [4.69, 9.17) is 0 Å². The molecule has 2 heterocycles. The minimum Gasteiger partial charge on any atom is -0.330 e. The number of amides is 2. The Hall–Kier alpha value is -2.47. The van der Waals surface area contributed by atoms with Gasteiger partial charge in [-0.15, -0.1) is 0 Å². The maximum Gasteiger partial charge on any atom is 0.323 e. The molecule has 6 nitrogen and oxygen atoms in total. The molecule has 1 N–H and O–H groups in total. The number of carbonyl (C=O) groups is 1. The first kappa shape index (κ1) is 17.9. The highest BCUT2D eigenvalue weighted by Gasteiger charge is 2.50. The summed E-state index contributed by atoms with van der Waals surface area (Å²) in [5, 5.41) is 3.26. The average Bonchev–Trinajstić information content (AvgIpc) is 3.00. The summed E-state index contributed by atoms with van der Waals surface area (Å²) in [5.41, 5.74) is 2.05. The van der Waals surface area contributed by atoms with Crippen molar-refractivity contribution in [1.29, 1.82) is 0 Å².